The summed E-state index contributed by atoms with van der Waals surface area (Å²) in [5.41, 5.74) is 3.20. The third-order valence-electron chi connectivity index (χ3n) is 6.37. The van der Waals surface area contributed by atoms with Crippen LogP contribution in [0.25, 0.3) is 11.0 Å². The molecular weight excluding hydrogens is 402 g/mol. The number of fused-ring (bicyclic) bond motifs is 1. The summed E-state index contributed by atoms with van der Waals surface area (Å²) in [6.07, 6.45) is 3.14. The highest BCUT2D eigenvalue weighted by atomic mass is 16.5. The SMILES string of the molecule is COc1cccc(CCC(=O)N2CCCC(c3nc4ccccc4n3C(C)C)C2)c1OC. The molecule has 6 nitrogen and oxygen atoms in total. The van der Waals surface area contributed by atoms with Crippen molar-refractivity contribution in [1.82, 2.24) is 14.5 Å². The molecule has 4 rings (SSSR count). The summed E-state index contributed by atoms with van der Waals surface area (Å²) >= 11 is 0. The molecule has 1 unspecified atom stereocenters. The molecule has 3 aromatic rings. The molecule has 170 valence electrons. The lowest BCUT2D eigenvalue weighted by Crippen LogP contribution is -2.40. The normalized spacial score (nSPS) is 16.5. The van der Waals surface area contributed by atoms with E-state index < -0.39 is 0 Å². The van der Waals surface area contributed by atoms with E-state index in [1.807, 2.05) is 29.2 Å². The van der Waals surface area contributed by atoms with E-state index in [2.05, 4.69) is 36.6 Å². The molecule has 6 heteroatoms. The number of aryl methyl sites for hydroxylation is 1. The Hall–Kier alpha value is -3.02. The van der Waals surface area contributed by atoms with Crippen molar-refractivity contribution in [3.8, 4) is 11.5 Å². The van der Waals surface area contributed by atoms with Gasteiger partial charge in [0.15, 0.2) is 11.5 Å². The van der Waals surface area contributed by atoms with Crippen molar-refractivity contribution < 1.29 is 14.3 Å². The number of piperidine rings is 1. The topological polar surface area (TPSA) is 56.6 Å². The van der Waals surface area contributed by atoms with E-state index in [4.69, 9.17) is 14.5 Å². The van der Waals surface area contributed by atoms with Crippen molar-refractivity contribution in [2.75, 3.05) is 27.3 Å². The Bertz CT molecular complexity index is 1090. The van der Waals surface area contributed by atoms with Crippen LogP contribution >= 0.6 is 0 Å². The van der Waals surface area contributed by atoms with Crippen LogP contribution < -0.4 is 9.47 Å². The molecule has 1 amide bonds. The lowest BCUT2D eigenvalue weighted by Gasteiger charge is -2.33. The number of para-hydroxylation sites is 3. The molecule has 2 heterocycles. The van der Waals surface area contributed by atoms with Crippen molar-refractivity contribution >= 4 is 16.9 Å². The van der Waals surface area contributed by atoms with Gasteiger partial charge in [-0.2, -0.15) is 0 Å². The highest BCUT2D eigenvalue weighted by molar-refractivity contribution is 5.77. The maximum atomic E-state index is 13.1. The van der Waals surface area contributed by atoms with E-state index in [1.54, 1.807) is 14.2 Å². The molecule has 1 saturated heterocycles. The Balaban J connectivity index is 1.49. The van der Waals surface area contributed by atoms with Gasteiger partial charge < -0.3 is 18.9 Å². The first-order chi connectivity index (χ1) is 15.5. The number of methoxy groups -OCH3 is 2. The molecule has 0 N–H and O–H groups in total. The number of carbonyl (C=O) groups excluding carboxylic acids is 1. The maximum Gasteiger partial charge on any atom is 0.222 e. The zero-order valence-corrected chi connectivity index (χ0v) is 19.5. The standard InChI is InChI=1S/C26H33N3O3/c1-18(2)29-22-12-6-5-11-21(22)27-26(29)20-10-8-16-28(17-20)24(30)15-14-19-9-7-13-23(31-3)25(19)32-4/h5-7,9,11-13,18,20H,8,10,14-17H2,1-4H3. The lowest BCUT2D eigenvalue weighted by atomic mass is 9.96. The van der Waals surface area contributed by atoms with Crippen LogP contribution in [0.5, 0.6) is 11.5 Å². The Morgan fingerprint density at radius 2 is 1.94 bits per heavy atom. The number of amides is 1. The minimum atomic E-state index is 0.187. The van der Waals surface area contributed by atoms with Crippen molar-refractivity contribution in [3.63, 3.8) is 0 Å². The van der Waals surface area contributed by atoms with Gasteiger partial charge >= 0.3 is 0 Å². The molecule has 0 aliphatic carbocycles. The molecule has 1 atom stereocenters. The highest BCUT2D eigenvalue weighted by Crippen LogP contribution is 2.33. The monoisotopic (exact) mass is 435 g/mol. The predicted molar refractivity (Wildman–Crippen MR) is 127 cm³/mol. The molecule has 1 fully saturated rings. The van der Waals surface area contributed by atoms with E-state index in [9.17, 15) is 4.79 Å². The molecular formula is C26H33N3O3. The Morgan fingerprint density at radius 3 is 2.69 bits per heavy atom. The van der Waals surface area contributed by atoms with Gasteiger partial charge in [-0.25, -0.2) is 4.98 Å². The molecule has 0 saturated carbocycles. The van der Waals surface area contributed by atoms with Crippen molar-refractivity contribution in [3.05, 3.63) is 53.9 Å². The minimum Gasteiger partial charge on any atom is -0.493 e. The van der Waals surface area contributed by atoms with Crippen LogP contribution in [0.4, 0.5) is 0 Å². The first-order valence-corrected chi connectivity index (χ1v) is 11.5. The van der Waals surface area contributed by atoms with Gasteiger partial charge in [0.2, 0.25) is 5.91 Å². The smallest absolute Gasteiger partial charge is 0.222 e. The summed E-state index contributed by atoms with van der Waals surface area (Å²) in [7, 11) is 3.27. The Labute approximate surface area is 190 Å². The average molecular weight is 436 g/mol. The van der Waals surface area contributed by atoms with E-state index >= 15 is 0 Å². The highest BCUT2D eigenvalue weighted by Gasteiger charge is 2.29. The zero-order valence-electron chi connectivity index (χ0n) is 19.5. The van der Waals surface area contributed by atoms with E-state index in [1.165, 1.54) is 5.52 Å². The third-order valence-corrected chi connectivity index (χ3v) is 6.37. The summed E-state index contributed by atoms with van der Waals surface area (Å²) in [6.45, 7) is 5.94. The molecule has 0 spiro atoms. The van der Waals surface area contributed by atoms with Gasteiger partial charge in [0.25, 0.3) is 0 Å². The van der Waals surface area contributed by atoms with Crippen LogP contribution in [0, 0.1) is 0 Å². The van der Waals surface area contributed by atoms with Gasteiger partial charge in [-0.1, -0.05) is 24.3 Å². The minimum absolute atomic E-state index is 0.187. The van der Waals surface area contributed by atoms with Crippen LogP contribution in [0.1, 0.15) is 56.5 Å². The largest absolute Gasteiger partial charge is 0.493 e. The predicted octanol–water partition coefficient (Wildman–Crippen LogP) is 4.97. The second-order valence-electron chi connectivity index (χ2n) is 8.75. The molecule has 32 heavy (non-hydrogen) atoms. The number of ether oxygens (including phenoxy) is 2. The maximum absolute atomic E-state index is 13.1. The second kappa shape index (κ2) is 9.63. The molecule has 1 aromatic heterocycles. The van der Waals surface area contributed by atoms with Gasteiger partial charge in [0.05, 0.1) is 25.3 Å². The van der Waals surface area contributed by atoms with Crippen LogP contribution in [0.15, 0.2) is 42.5 Å². The average Bonchev–Trinajstić information content (AvgIpc) is 3.22. The fourth-order valence-corrected chi connectivity index (χ4v) is 4.86. The Morgan fingerprint density at radius 1 is 1.12 bits per heavy atom. The fraction of sp³-hybridized carbons (Fsp3) is 0.462. The molecule has 1 aliphatic heterocycles. The van der Waals surface area contributed by atoms with Gasteiger partial charge in [-0.15, -0.1) is 0 Å². The number of hydrogen-bond acceptors (Lipinski definition) is 4. The summed E-state index contributed by atoms with van der Waals surface area (Å²) in [4.78, 5) is 20.1. The molecule has 2 aromatic carbocycles. The van der Waals surface area contributed by atoms with Crippen molar-refractivity contribution in [2.24, 2.45) is 0 Å². The van der Waals surface area contributed by atoms with Crippen LogP contribution in [-0.4, -0.2) is 47.7 Å². The summed E-state index contributed by atoms with van der Waals surface area (Å²) in [5, 5.41) is 0. The number of imidazole rings is 1. The summed E-state index contributed by atoms with van der Waals surface area (Å²) in [5.74, 6) is 2.96. The van der Waals surface area contributed by atoms with Gasteiger partial charge in [0, 0.05) is 31.5 Å². The first kappa shape index (κ1) is 22.2. The van der Waals surface area contributed by atoms with Crippen LogP contribution in [-0.2, 0) is 11.2 Å². The number of hydrogen-bond donors (Lipinski definition) is 0. The second-order valence-corrected chi connectivity index (χ2v) is 8.75. The number of nitrogens with zero attached hydrogens (tertiary/aromatic N) is 3. The number of aromatic nitrogens is 2. The fourth-order valence-electron chi connectivity index (χ4n) is 4.86. The van der Waals surface area contributed by atoms with Crippen LogP contribution in [0.3, 0.4) is 0 Å². The summed E-state index contributed by atoms with van der Waals surface area (Å²) < 4.78 is 13.3. The first-order valence-electron chi connectivity index (χ1n) is 11.5. The number of likely N-dealkylation sites (tertiary alicyclic amines) is 1. The third kappa shape index (κ3) is 4.31. The van der Waals surface area contributed by atoms with Gasteiger partial charge in [0.1, 0.15) is 5.82 Å². The number of rotatable bonds is 7. The number of benzene rings is 2. The molecule has 1 aliphatic rings. The van der Waals surface area contributed by atoms with Gasteiger partial charge in [-0.05, 0) is 56.9 Å². The number of carbonyl (C=O) groups is 1. The quantitative estimate of drug-likeness (QED) is 0.526. The van der Waals surface area contributed by atoms with Crippen LogP contribution in [0.2, 0.25) is 0 Å². The molecule has 0 bridgehead atoms. The van der Waals surface area contributed by atoms with Crippen molar-refractivity contribution in [1.29, 1.82) is 0 Å². The van der Waals surface area contributed by atoms with Crippen molar-refractivity contribution in [2.45, 2.75) is 51.5 Å². The summed E-state index contributed by atoms with van der Waals surface area (Å²) in [6, 6.07) is 14.4. The zero-order chi connectivity index (χ0) is 22.7. The van der Waals surface area contributed by atoms with E-state index in [-0.39, 0.29) is 11.8 Å². The lowest BCUT2D eigenvalue weighted by molar-refractivity contribution is -0.132. The Kier molecular flexibility index (Phi) is 6.68. The van der Waals surface area contributed by atoms with Gasteiger partial charge in [-0.3, -0.25) is 4.79 Å². The van der Waals surface area contributed by atoms with E-state index in [0.29, 0.717) is 30.4 Å². The van der Waals surface area contributed by atoms with E-state index in [0.717, 1.165) is 42.8 Å². The molecule has 0 radical (unpaired) electrons.